The summed E-state index contributed by atoms with van der Waals surface area (Å²) >= 11 is 0. The third-order valence-corrected chi connectivity index (χ3v) is 9.33. The van der Waals surface area contributed by atoms with Gasteiger partial charge in [-0.3, -0.25) is 19.2 Å². The van der Waals surface area contributed by atoms with Crippen LogP contribution in [0.2, 0.25) is 0 Å². The number of hydrogen-bond acceptors (Lipinski definition) is 4. The van der Waals surface area contributed by atoms with Gasteiger partial charge in [-0.05, 0) is 73.2 Å². The zero-order chi connectivity index (χ0) is 37.9. The Kier molecular flexibility index (Phi) is 17.6. The number of rotatable bonds is 20. The van der Waals surface area contributed by atoms with Gasteiger partial charge in [0.2, 0.25) is 23.6 Å². The number of hydrogen-bond donors (Lipinski definition) is 2. The van der Waals surface area contributed by atoms with Crippen molar-refractivity contribution < 1.29 is 19.2 Å². The number of carbonyl (C=O) groups is 4. The summed E-state index contributed by atoms with van der Waals surface area (Å²) < 4.78 is 0. The molecule has 3 aromatic carbocycles. The molecule has 8 heteroatoms. The molecule has 0 bridgehead atoms. The van der Waals surface area contributed by atoms with Crippen molar-refractivity contribution in [2.45, 2.75) is 79.1 Å². The molecule has 0 aromatic heterocycles. The van der Waals surface area contributed by atoms with Gasteiger partial charge in [0.15, 0.2) is 0 Å². The lowest BCUT2D eigenvalue weighted by Crippen LogP contribution is -2.41. The summed E-state index contributed by atoms with van der Waals surface area (Å²) in [6.45, 7) is 9.12. The smallest absolute Gasteiger partial charge is 0.243 e. The Labute approximate surface area is 311 Å². The zero-order valence-corrected chi connectivity index (χ0v) is 32.0. The SMILES string of the molecule is CCCCCCNC(=O)C(/C=C(\C)c1ccc(/C(C)=C/C(C(=O)NCCCCCC)C(=O)N(C)c2ccccc2)cc1)C(=O)N(C)c1ccccc1. The molecule has 3 aromatic rings. The fraction of sp³-hybridized carbons (Fsp3) is 0.409. The van der Waals surface area contributed by atoms with Crippen molar-refractivity contribution in [1.82, 2.24) is 10.6 Å². The van der Waals surface area contributed by atoms with Crippen molar-refractivity contribution in [2.75, 3.05) is 37.0 Å². The second-order valence-electron chi connectivity index (χ2n) is 13.4. The number of amides is 4. The normalized spacial score (nSPS) is 12.8. The monoisotopic (exact) mass is 706 g/mol. The lowest BCUT2D eigenvalue weighted by molar-refractivity contribution is -0.133. The van der Waals surface area contributed by atoms with E-state index in [2.05, 4.69) is 24.5 Å². The fourth-order valence-electron chi connectivity index (χ4n) is 5.93. The molecule has 0 radical (unpaired) electrons. The number of para-hydroxylation sites is 2. The van der Waals surface area contributed by atoms with Gasteiger partial charge in [0, 0.05) is 38.6 Å². The Morgan fingerprint density at radius 2 is 0.885 bits per heavy atom. The minimum absolute atomic E-state index is 0.313. The van der Waals surface area contributed by atoms with Crippen LogP contribution in [0.15, 0.2) is 97.1 Å². The van der Waals surface area contributed by atoms with Crippen molar-refractivity contribution in [2.24, 2.45) is 11.8 Å². The molecule has 278 valence electrons. The molecule has 3 rings (SSSR count). The second kappa shape index (κ2) is 22.1. The maximum Gasteiger partial charge on any atom is 0.243 e. The zero-order valence-electron chi connectivity index (χ0n) is 32.0. The molecule has 4 amide bonds. The molecule has 0 saturated carbocycles. The summed E-state index contributed by atoms with van der Waals surface area (Å²) in [5, 5.41) is 5.97. The lowest BCUT2D eigenvalue weighted by Gasteiger charge is -2.23. The minimum Gasteiger partial charge on any atom is -0.355 e. The molecular formula is C44H58N4O4. The molecule has 0 fully saturated rings. The molecule has 0 spiro atoms. The van der Waals surface area contributed by atoms with Crippen LogP contribution in [0.4, 0.5) is 11.4 Å². The van der Waals surface area contributed by atoms with Crippen molar-refractivity contribution in [3.8, 4) is 0 Å². The molecule has 0 aliphatic heterocycles. The molecule has 2 unspecified atom stereocenters. The number of anilines is 2. The lowest BCUT2D eigenvalue weighted by atomic mass is 9.95. The first-order chi connectivity index (χ1) is 25.1. The van der Waals surface area contributed by atoms with Gasteiger partial charge in [-0.15, -0.1) is 0 Å². The van der Waals surface area contributed by atoms with Gasteiger partial charge in [-0.1, -0.05) is 125 Å². The summed E-state index contributed by atoms with van der Waals surface area (Å²) in [5.41, 5.74) is 4.70. The van der Waals surface area contributed by atoms with Crippen molar-refractivity contribution in [3.05, 3.63) is 108 Å². The Balaban J connectivity index is 1.86. The quantitative estimate of drug-likeness (QED) is 0.0910. The van der Waals surface area contributed by atoms with Crippen molar-refractivity contribution in [1.29, 1.82) is 0 Å². The Hall–Kier alpha value is -4.98. The first-order valence-electron chi connectivity index (χ1n) is 18.8. The van der Waals surface area contributed by atoms with E-state index in [0.29, 0.717) is 24.5 Å². The summed E-state index contributed by atoms with van der Waals surface area (Å²) in [7, 11) is 3.38. The van der Waals surface area contributed by atoms with Crippen LogP contribution in [-0.4, -0.2) is 50.8 Å². The average Bonchev–Trinajstić information content (AvgIpc) is 3.18. The number of unbranched alkanes of at least 4 members (excludes halogenated alkanes) is 6. The maximum atomic E-state index is 13.7. The first kappa shape index (κ1) is 41.4. The fourth-order valence-corrected chi connectivity index (χ4v) is 5.93. The van der Waals surface area contributed by atoms with Crippen LogP contribution in [0.25, 0.3) is 11.1 Å². The predicted octanol–water partition coefficient (Wildman–Crippen LogP) is 8.44. The standard InChI is InChI=1S/C44H58N4O4/c1-7-9-11-19-29-45-41(49)39(43(51)47(5)37-21-15-13-16-22-37)31-33(3)35-25-27-36(28-26-35)34(4)32-40(42(50)46-30-20-12-10-8-2)44(52)48(6)38-23-17-14-18-24-38/h13-18,21-28,31-32,39-40H,7-12,19-20,29-30H2,1-6H3,(H,45,49)(H,46,50)/b33-31+,34-32+. The minimum atomic E-state index is -1.01. The van der Waals surface area contributed by atoms with Gasteiger partial charge in [-0.2, -0.15) is 0 Å². The largest absolute Gasteiger partial charge is 0.355 e. The second-order valence-corrected chi connectivity index (χ2v) is 13.4. The van der Waals surface area contributed by atoms with Gasteiger partial charge in [-0.25, -0.2) is 0 Å². The predicted molar refractivity (Wildman–Crippen MR) is 215 cm³/mol. The molecule has 0 saturated heterocycles. The van der Waals surface area contributed by atoms with Crippen LogP contribution in [-0.2, 0) is 19.2 Å². The van der Waals surface area contributed by atoms with Gasteiger partial charge >= 0.3 is 0 Å². The number of nitrogens with zero attached hydrogens (tertiary/aromatic N) is 2. The number of benzene rings is 3. The van der Waals surface area contributed by atoms with Crippen LogP contribution in [0.3, 0.4) is 0 Å². The highest BCUT2D eigenvalue weighted by atomic mass is 16.2. The van der Waals surface area contributed by atoms with E-state index in [0.717, 1.165) is 73.6 Å². The van der Waals surface area contributed by atoms with E-state index >= 15 is 0 Å². The topological polar surface area (TPSA) is 98.8 Å². The van der Waals surface area contributed by atoms with Crippen LogP contribution >= 0.6 is 0 Å². The van der Waals surface area contributed by atoms with E-state index in [1.807, 2.05) is 98.8 Å². The third-order valence-electron chi connectivity index (χ3n) is 9.33. The molecular weight excluding hydrogens is 649 g/mol. The van der Waals surface area contributed by atoms with E-state index in [-0.39, 0.29) is 23.6 Å². The molecule has 0 aliphatic carbocycles. The van der Waals surface area contributed by atoms with E-state index in [4.69, 9.17) is 0 Å². The van der Waals surface area contributed by atoms with Gasteiger partial charge in [0.1, 0.15) is 11.8 Å². The average molecular weight is 707 g/mol. The maximum absolute atomic E-state index is 13.7. The molecule has 8 nitrogen and oxygen atoms in total. The Bertz CT molecular complexity index is 1510. The molecule has 0 heterocycles. The van der Waals surface area contributed by atoms with Crippen LogP contribution < -0.4 is 20.4 Å². The first-order valence-corrected chi connectivity index (χ1v) is 18.8. The van der Waals surface area contributed by atoms with Crippen molar-refractivity contribution >= 4 is 46.1 Å². The number of carbonyl (C=O) groups excluding carboxylic acids is 4. The van der Waals surface area contributed by atoms with Crippen LogP contribution in [0.1, 0.15) is 90.2 Å². The molecule has 2 atom stereocenters. The molecule has 0 aliphatic rings. The van der Waals surface area contributed by atoms with E-state index < -0.39 is 11.8 Å². The van der Waals surface area contributed by atoms with Crippen molar-refractivity contribution in [3.63, 3.8) is 0 Å². The summed E-state index contributed by atoms with van der Waals surface area (Å²) in [5.74, 6) is -3.28. The molecule has 2 N–H and O–H groups in total. The van der Waals surface area contributed by atoms with Crippen LogP contribution in [0, 0.1) is 11.8 Å². The Morgan fingerprint density at radius 3 is 1.21 bits per heavy atom. The Morgan fingerprint density at radius 1 is 0.538 bits per heavy atom. The van der Waals surface area contributed by atoms with Gasteiger partial charge in [0.25, 0.3) is 0 Å². The summed E-state index contributed by atoms with van der Waals surface area (Å²) in [4.78, 5) is 57.4. The molecule has 52 heavy (non-hydrogen) atoms. The van der Waals surface area contributed by atoms with E-state index in [1.54, 1.807) is 26.2 Å². The van der Waals surface area contributed by atoms with E-state index in [9.17, 15) is 19.2 Å². The highest BCUT2D eigenvalue weighted by molar-refractivity contribution is 6.10. The summed E-state index contributed by atoms with van der Waals surface area (Å²) in [6, 6.07) is 26.3. The number of nitrogens with one attached hydrogen (secondary N) is 2. The van der Waals surface area contributed by atoms with E-state index in [1.165, 1.54) is 9.80 Å². The highest BCUT2D eigenvalue weighted by Gasteiger charge is 2.29. The highest BCUT2D eigenvalue weighted by Crippen LogP contribution is 2.25. The number of allylic oxidation sites excluding steroid dienone is 2. The summed E-state index contributed by atoms with van der Waals surface area (Å²) in [6.07, 6.45) is 11.7. The third kappa shape index (κ3) is 12.7. The van der Waals surface area contributed by atoms with Gasteiger partial charge in [0.05, 0.1) is 0 Å². The van der Waals surface area contributed by atoms with Crippen LogP contribution in [0.5, 0.6) is 0 Å². The van der Waals surface area contributed by atoms with Gasteiger partial charge < -0.3 is 20.4 Å².